The van der Waals surface area contributed by atoms with E-state index in [2.05, 4.69) is 15.0 Å². The van der Waals surface area contributed by atoms with Gasteiger partial charge >= 0.3 is 0 Å². The van der Waals surface area contributed by atoms with Crippen molar-refractivity contribution in [2.75, 3.05) is 38.7 Å². The molecule has 156 valence electrons. The molecule has 0 spiro atoms. The van der Waals surface area contributed by atoms with Crippen LogP contribution in [0.5, 0.6) is 5.75 Å². The molecule has 1 saturated heterocycles. The first-order chi connectivity index (χ1) is 14.5. The second-order valence-corrected chi connectivity index (χ2v) is 7.67. The molecule has 0 bridgehead atoms. The maximum absolute atomic E-state index is 12.5. The van der Waals surface area contributed by atoms with E-state index in [-0.39, 0.29) is 24.0 Å². The second-order valence-electron chi connectivity index (χ2n) is 7.67. The molecular formula is C22H25N5O3. The number of carbonyl (C=O) groups excluding carboxylic acids is 1. The lowest BCUT2D eigenvalue weighted by atomic mass is 9.92. The Bertz CT molecular complexity index is 1090. The van der Waals surface area contributed by atoms with Crippen LogP contribution in [0.1, 0.15) is 24.5 Å². The fourth-order valence-electron chi connectivity index (χ4n) is 3.68. The predicted molar refractivity (Wildman–Crippen MR) is 115 cm³/mol. The van der Waals surface area contributed by atoms with Gasteiger partial charge in [-0.05, 0) is 31.0 Å². The van der Waals surface area contributed by atoms with Crippen LogP contribution in [0, 0.1) is 0 Å². The van der Waals surface area contributed by atoms with E-state index in [1.54, 1.807) is 6.20 Å². The molecule has 0 radical (unpaired) electrons. The Hall–Kier alpha value is -3.42. The number of hydrogen-bond donors (Lipinski definition) is 1. The maximum Gasteiger partial charge on any atom is 0.260 e. The number of rotatable bonds is 5. The maximum atomic E-state index is 12.5. The van der Waals surface area contributed by atoms with Gasteiger partial charge in [-0.15, -0.1) is 0 Å². The van der Waals surface area contributed by atoms with Gasteiger partial charge in [0.05, 0.1) is 10.9 Å². The number of hydrogen-bond acceptors (Lipinski definition) is 6. The van der Waals surface area contributed by atoms with Gasteiger partial charge < -0.3 is 19.5 Å². The number of amides is 1. The highest BCUT2D eigenvalue weighted by Crippen LogP contribution is 2.27. The Morgan fingerprint density at radius 2 is 1.97 bits per heavy atom. The highest BCUT2D eigenvalue weighted by atomic mass is 16.5. The number of benzene rings is 1. The number of likely N-dealkylation sites (tertiary alicyclic amines) is 1. The summed E-state index contributed by atoms with van der Waals surface area (Å²) in [5.41, 5.74) is 1.33. The molecule has 3 aromatic rings. The molecule has 8 nitrogen and oxygen atoms in total. The molecule has 0 saturated carbocycles. The molecule has 0 atom stereocenters. The summed E-state index contributed by atoms with van der Waals surface area (Å²) in [6.45, 7) is 1.30. The quantitative estimate of drug-likeness (QED) is 0.697. The highest BCUT2D eigenvalue weighted by molar-refractivity contribution is 5.78. The van der Waals surface area contributed by atoms with Gasteiger partial charge in [0.2, 0.25) is 5.95 Å². The van der Waals surface area contributed by atoms with E-state index >= 15 is 0 Å². The van der Waals surface area contributed by atoms with Gasteiger partial charge in [-0.1, -0.05) is 18.2 Å². The van der Waals surface area contributed by atoms with E-state index in [9.17, 15) is 9.59 Å². The minimum absolute atomic E-state index is 0.0207. The summed E-state index contributed by atoms with van der Waals surface area (Å²) in [5, 5.41) is 0.482. The van der Waals surface area contributed by atoms with Crippen molar-refractivity contribution in [3.8, 4) is 5.75 Å². The van der Waals surface area contributed by atoms with E-state index < -0.39 is 0 Å². The molecule has 8 heteroatoms. The largest absolute Gasteiger partial charge is 0.484 e. The summed E-state index contributed by atoms with van der Waals surface area (Å²) in [6, 6.07) is 11.3. The topological polar surface area (TPSA) is 91.4 Å². The number of H-pyrrole nitrogens is 1. The molecule has 30 heavy (non-hydrogen) atoms. The van der Waals surface area contributed by atoms with E-state index in [0.717, 1.165) is 18.5 Å². The molecule has 1 aliphatic heterocycles. The fraction of sp³-hybridized carbons (Fsp3) is 0.364. The van der Waals surface area contributed by atoms with Gasteiger partial charge in [0.1, 0.15) is 5.75 Å². The number of piperidine rings is 1. The van der Waals surface area contributed by atoms with Crippen molar-refractivity contribution in [1.82, 2.24) is 19.9 Å². The molecule has 1 fully saturated rings. The number of aromatic nitrogens is 3. The van der Waals surface area contributed by atoms with Crippen LogP contribution >= 0.6 is 0 Å². The monoisotopic (exact) mass is 407 g/mol. The van der Waals surface area contributed by atoms with Crippen molar-refractivity contribution in [3.05, 3.63) is 58.6 Å². The molecule has 4 rings (SSSR count). The lowest BCUT2D eigenvalue weighted by Crippen LogP contribution is -2.40. The third kappa shape index (κ3) is 4.27. The van der Waals surface area contributed by atoms with Gasteiger partial charge in [-0.25, -0.2) is 9.97 Å². The Morgan fingerprint density at radius 3 is 2.67 bits per heavy atom. The number of aromatic amines is 1. The summed E-state index contributed by atoms with van der Waals surface area (Å²) >= 11 is 0. The number of pyridine rings is 1. The first-order valence-electron chi connectivity index (χ1n) is 10.0. The minimum atomic E-state index is -0.178. The standard InChI is InChI=1S/C22H25N5O3/c1-26(2)22-23-13-17-19(25-22)12-18(24-21(17)29)15-8-10-27(11-9-15)20(28)14-30-16-6-4-3-5-7-16/h3-7,12-13,15H,8-11,14H2,1-2H3,(H,24,29). The Kier molecular flexibility index (Phi) is 5.65. The van der Waals surface area contributed by atoms with Gasteiger partial charge in [-0.3, -0.25) is 9.59 Å². The van der Waals surface area contributed by atoms with Crippen molar-refractivity contribution >= 4 is 22.8 Å². The summed E-state index contributed by atoms with van der Waals surface area (Å²) in [6.07, 6.45) is 3.13. The van der Waals surface area contributed by atoms with Crippen molar-refractivity contribution < 1.29 is 9.53 Å². The smallest absolute Gasteiger partial charge is 0.260 e. The zero-order chi connectivity index (χ0) is 21.1. The Balaban J connectivity index is 1.41. The number of anilines is 1. The van der Waals surface area contributed by atoms with Crippen LogP contribution in [0.15, 0.2) is 47.4 Å². The van der Waals surface area contributed by atoms with Crippen LogP contribution in [0.4, 0.5) is 5.95 Å². The molecule has 1 amide bonds. The average Bonchev–Trinajstić information content (AvgIpc) is 2.77. The van der Waals surface area contributed by atoms with Gasteiger partial charge in [0.25, 0.3) is 11.5 Å². The molecular weight excluding hydrogens is 382 g/mol. The van der Waals surface area contributed by atoms with E-state index in [1.165, 1.54) is 0 Å². The molecule has 1 N–H and O–H groups in total. The van der Waals surface area contributed by atoms with Crippen molar-refractivity contribution in [2.45, 2.75) is 18.8 Å². The number of nitrogens with one attached hydrogen (secondary N) is 1. The SMILES string of the molecule is CN(C)c1ncc2c(=O)[nH]c(C3CCN(C(=O)COc4ccccc4)CC3)cc2n1. The Morgan fingerprint density at radius 1 is 1.23 bits per heavy atom. The summed E-state index contributed by atoms with van der Waals surface area (Å²) in [4.78, 5) is 40.3. The minimum Gasteiger partial charge on any atom is -0.484 e. The first-order valence-corrected chi connectivity index (χ1v) is 10.0. The van der Waals surface area contributed by atoms with Crippen molar-refractivity contribution in [1.29, 1.82) is 0 Å². The second kappa shape index (κ2) is 8.52. The van der Waals surface area contributed by atoms with Crippen LogP contribution < -0.4 is 15.2 Å². The zero-order valence-electron chi connectivity index (χ0n) is 17.2. The number of ether oxygens (including phenoxy) is 1. The summed E-state index contributed by atoms with van der Waals surface area (Å²) in [5.74, 6) is 1.41. The van der Waals surface area contributed by atoms with Gasteiger partial charge in [0.15, 0.2) is 6.61 Å². The van der Waals surface area contributed by atoms with Crippen molar-refractivity contribution in [2.24, 2.45) is 0 Å². The highest BCUT2D eigenvalue weighted by Gasteiger charge is 2.25. The molecule has 2 aromatic heterocycles. The summed E-state index contributed by atoms with van der Waals surface area (Å²) < 4.78 is 5.57. The number of nitrogens with zero attached hydrogens (tertiary/aromatic N) is 4. The van der Waals surface area contributed by atoms with Crippen LogP contribution in [0.3, 0.4) is 0 Å². The first kappa shape index (κ1) is 19.9. The van der Waals surface area contributed by atoms with Gasteiger partial charge in [0, 0.05) is 45.0 Å². The number of carbonyl (C=O) groups is 1. The third-order valence-electron chi connectivity index (χ3n) is 5.39. The lowest BCUT2D eigenvalue weighted by molar-refractivity contribution is -0.134. The zero-order valence-corrected chi connectivity index (χ0v) is 17.2. The van der Waals surface area contributed by atoms with Crippen LogP contribution in [-0.4, -0.2) is 59.6 Å². The van der Waals surface area contributed by atoms with E-state index in [0.29, 0.717) is 35.7 Å². The number of para-hydroxylation sites is 1. The summed E-state index contributed by atoms with van der Waals surface area (Å²) in [7, 11) is 3.73. The molecule has 3 heterocycles. The van der Waals surface area contributed by atoms with Crippen LogP contribution in [-0.2, 0) is 4.79 Å². The molecule has 1 aromatic carbocycles. The Labute approximate surface area is 174 Å². The fourth-order valence-corrected chi connectivity index (χ4v) is 3.68. The van der Waals surface area contributed by atoms with E-state index in [4.69, 9.17) is 4.74 Å². The number of fused-ring (bicyclic) bond motifs is 1. The van der Waals surface area contributed by atoms with Gasteiger partial charge in [-0.2, -0.15) is 0 Å². The third-order valence-corrected chi connectivity index (χ3v) is 5.39. The normalized spacial score (nSPS) is 14.7. The van der Waals surface area contributed by atoms with Crippen LogP contribution in [0.25, 0.3) is 10.9 Å². The molecule has 0 unspecified atom stereocenters. The molecule has 0 aliphatic carbocycles. The lowest BCUT2D eigenvalue weighted by Gasteiger charge is -2.32. The molecule has 1 aliphatic rings. The van der Waals surface area contributed by atoms with E-state index in [1.807, 2.05) is 60.3 Å². The van der Waals surface area contributed by atoms with Crippen LogP contribution in [0.2, 0.25) is 0 Å². The predicted octanol–water partition coefficient (Wildman–Crippen LogP) is 2.17. The average molecular weight is 407 g/mol. The van der Waals surface area contributed by atoms with Crippen molar-refractivity contribution in [3.63, 3.8) is 0 Å².